The molecule has 7 heteroatoms. The number of aryl methyl sites for hydroxylation is 2. The lowest BCUT2D eigenvalue weighted by Gasteiger charge is -2.13. The summed E-state index contributed by atoms with van der Waals surface area (Å²) in [5.41, 5.74) is 3.23. The van der Waals surface area contributed by atoms with Gasteiger partial charge in [-0.15, -0.1) is 0 Å². The summed E-state index contributed by atoms with van der Waals surface area (Å²) in [6.07, 6.45) is 0. The summed E-state index contributed by atoms with van der Waals surface area (Å²) in [5, 5.41) is 4.20. The van der Waals surface area contributed by atoms with Crippen molar-refractivity contribution in [3.63, 3.8) is 0 Å². The maximum atomic E-state index is 13.3. The summed E-state index contributed by atoms with van der Waals surface area (Å²) >= 11 is 11.9. The number of hydrogen-bond acceptors (Lipinski definition) is 4. The van der Waals surface area contributed by atoms with Gasteiger partial charge < -0.3 is 14.5 Å². The van der Waals surface area contributed by atoms with Gasteiger partial charge in [-0.25, -0.2) is 0 Å². The van der Waals surface area contributed by atoms with E-state index in [9.17, 15) is 9.59 Å². The smallest absolute Gasteiger partial charge is 0.262 e. The Bertz CT molecular complexity index is 1360. The second-order valence-corrected chi connectivity index (χ2v) is 8.25. The van der Waals surface area contributed by atoms with Gasteiger partial charge in [0.15, 0.2) is 12.4 Å². The van der Waals surface area contributed by atoms with Gasteiger partial charge in [0.25, 0.3) is 5.91 Å². The van der Waals surface area contributed by atoms with E-state index in [1.54, 1.807) is 54.6 Å². The van der Waals surface area contributed by atoms with Crippen LogP contribution in [0.1, 0.15) is 11.1 Å². The number of rotatable bonds is 5. The SMILES string of the molecule is Cc1cc2oc(-c3ccc(Cl)cc3)c(OCC(=O)Nc3ccc(Cl)cc3)c(=O)c2cc1C. The number of ether oxygens (including phenoxy) is 1. The van der Waals surface area contributed by atoms with Gasteiger partial charge in [0.2, 0.25) is 11.2 Å². The molecule has 1 N–H and O–H groups in total. The molecule has 0 saturated carbocycles. The van der Waals surface area contributed by atoms with Gasteiger partial charge in [-0.3, -0.25) is 9.59 Å². The van der Waals surface area contributed by atoms with Crippen molar-refractivity contribution >= 4 is 45.8 Å². The van der Waals surface area contributed by atoms with Crippen LogP contribution in [0.5, 0.6) is 5.75 Å². The van der Waals surface area contributed by atoms with Gasteiger partial charge in [-0.1, -0.05) is 23.2 Å². The summed E-state index contributed by atoms with van der Waals surface area (Å²) in [6, 6.07) is 17.1. The third kappa shape index (κ3) is 4.64. The molecule has 1 heterocycles. The van der Waals surface area contributed by atoms with E-state index in [0.29, 0.717) is 32.3 Å². The number of carbonyl (C=O) groups is 1. The Morgan fingerprint density at radius 3 is 2.19 bits per heavy atom. The fourth-order valence-electron chi connectivity index (χ4n) is 3.22. The largest absolute Gasteiger partial charge is 0.476 e. The average molecular weight is 468 g/mol. The zero-order valence-corrected chi connectivity index (χ0v) is 18.9. The quantitative estimate of drug-likeness (QED) is 0.368. The normalized spacial score (nSPS) is 10.9. The van der Waals surface area contributed by atoms with E-state index in [2.05, 4.69) is 5.32 Å². The third-order valence-electron chi connectivity index (χ3n) is 5.05. The molecule has 0 atom stereocenters. The standard InChI is InChI=1S/C25H19Cl2NO4/c1-14-11-20-21(12-15(14)2)32-24(16-3-5-17(26)6-4-16)25(23(20)30)31-13-22(29)28-19-9-7-18(27)8-10-19/h3-12H,13H2,1-2H3,(H,28,29). The fraction of sp³-hybridized carbons (Fsp3) is 0.120. The molecular weight excluding hydrogens is 449 g/mol. The number of fused-ring (bicyclic) bond motifs is 1. The first-order chi connectivity index (χ1) is 15.3. The number of amides is 1. The van der Waals surface area contributed by atoms with E-state index in [1.165, 1.54) is 0 Å². The van der Waals surface area contributed by atoms with Crippen LogP contribution in [-0.2, 0) is 4.79 Å². The zero-order valence-electron chi connectivity index (χ0n) is 17.4. The first-order valence-electron chi connectivity index (χ1n) is 9.84. The summed E-state index contributed by atoms with van der Waals surface area (Å²) in [5.74, 6) is -0.218. The first kappa shape index (κ1) is 21.9. The first-order valence-corrected chi connectivity index (χ1v) is 10.6. The predicted molar refractivity (Wildman–Crippen MR) is 128 cm³/mol. The predicted octanol–water partition coefficient (Wildman–Crippen LogP) is 6.40. The number of hydrogen-bond donors (Lipinski definition) is 1. The van der Waals surface area contributed by atoms with Crippen LogP contribution in [0.15, 0.2) is 69.9 Å². The Hall–Kier alpha value is -3.28. The van der Waals surface area contributed by atoms with Crippen LogP contribution in [-0.4, -0.2) is 12.5 Å². The number of halogens is 2. The van der Waals surface area contributed by atoms with Crippen molar-refractivity contribution < 1.29 is 13.9 Å². The highest BCUT2D eigenvalue weighted by atomic mass is 35.5. The lowest BCUT2D eigenvalue weighted by atomic mass is 10.0. The molecule has 0 aliphatic heterocycles. The summed E-state index contributed by atoms with van der Waals surface area (Å²) in [4.78, 5) is 25.7. The number of anilines is 1. The Labute approximate surface area is 194 Å². The molecule has 32 heavy (non-hydrogen) atoms. The molecule has 0 fully saturated rings. The van der Waals surface area contributed by atoms with Crippen LogP contribution in [0.25, 0.3) is 22.3 Å². The van der Waals surface area contributed by atoms with Gasteiger partial charge in [0.1, 0.15) is 5.58 Å². The van der Waals surface area contributed by atoms with E-state index >= 15 is 0 Å². The van der Waals surface area contributed by atoms with E-state index in [1.807, 2.05) is 19.9 Å². The second-order valence-electron chi connectivity index (χ2n) is 7.37. The van der Waals surface area contributed by atoms with Crippen molar-refractivity contribution in [2.24, 2.45) is 0 Å². The molecule has 1 amide bonds. The molecule has 0 aliphatic carbocycles. The van der Waals surface area contributed by atoms with Crippen molar-refractivity contribution in [3.05, 3.63) is 92.1 Å². The fourth-order valence-corrected chi connectivity index (χ4v) is 3.48. The lowest BCUT2D eigenvalue weighted by molar-refractivity contribution is -0.118. The molecular formula is C25H19Cl2NO4. The van der Waals surface area contributed by atoms with Gasteiger partial charge in [0, 0.05) is 21.3 Å². The Morgan fingerprint density at radius 1 is 0.938 bits per heavy atom. The van der Waals surface area contributed by atoms with Crippen LogP contribution in [0.2, 0.25) is 10.0 Å². The van der Waals surface area contributed by atoms with E-state index in [4.69, 9.17) is 32.4 Å². The van der Waals surface area contributed by atoms with Crippen molar-refractivity contribution in [1.29, 1.82) is 0 Å². The number of carbonyl (C=O) groups excluding carboxylic acids is 1. The molecule has 0 spiro atoms. The minimum atomic E-state index is -0.422. The topological polar surface area (TPSA) is 68.5 Å². The van der Waals surface area contributed by atoms with E-state index in [-0.39, 0.29) is 23.5 Å². The Balaban J connectivity index is 1.71. The van der Waals surface area contributed by atoms with Crippen LogP contribution in [0.4, 0.5) is 5.69 Å². The Morgan fingerprint density at radius 2 is 1.53 bits per heavy atom. The molecule has 5 nitrogen and oxygen atoms in total. The van der Waals surface area contributed by atoms with Crippen molar-refractivity contribution in [2.75, 3.05) is 11.9 Å². The second kappa shape index (κ2) is 9.07. The van der Waals surface area contributed by atoms with Crippen molar-refractivity contribution in [3.8, 4) is 17.1 Å². The zero-order chi connectivity index (χ0) is 22.8. The van der Waals surface area contributed by atoms with Gasteiger partial charge in [-0.2, -0.15) is 0 Å². The minimum Gasteiger partial charge on any atom is -0.476 e. The average Bonchev–Trinajstić information content (AvgIpc) is 2.76. The molecule has 162 valence electrons. The van der Waals surface area contributed by atoms with Gasteiger partial charge >= 0.3 is 0 Å². The molecule has 0 aliphatic rings. The molecule has 0 radical (unpaired) electrons. The minimum absolute atomic E-state index is 0.0330. The monoisotopic (exact) mass is 467 g/mol. The van der Waals surface area contributed by atoms with Crippen LogP contribution in [0.3, 0.4) is 0 Å². The molecule has 3 aromatic carbocycles. The lowest BCUT2D eigenvalue weighted by Crippen LogP contribution is -2.22. The molecule has 4 aromatic rings. The van der Waals surface area contributed by atoms with Crippen LogP contribution < -0.4 is 15.5 Å². The molecule has 0 bridgehead atoms. The van der Waals surface area contributed by atoms with E-state index < -0.39 is 5.91 Å². The summed E-state index contributed by atoms with van der Waals surface area (Å²) < 4.78 is 11.8. The van der Waals surface area contributed by atoms with E-state index in [0.717, 1.165) is 11.1 Å². The highest BCUT2D eigenvalue weighted by molar-refractivity contribution is 6.30. The highest BCUT2D eigenvalue weighted by Gasteiger charge is 2.19. The molecule has 1 aromatic heterocycles. The molecule has 4 rings (SSSR count). The molecule has 0 saturated heterocycles. The van der Waals surface area contributed by atoms with Crippen LogP contribution >= 0.6 is 23.2 Å². The van der Waals surface area contributed by atoms with Crippen LogP contribution in [0, 0.1) is 13.8 Å². The number of nitrogens with one attached hydrogen (secondary N) is 1. The van der Waals surface area contributed by atoms with Crippen molar-refractivity contribution in [1.82, 2.24) is 0 Å². The summed E-state index contributed by atoms with van der Waals surface area (Å²) in [7, 11) is 0. The summed E-state index contributed by atoms with van der Waals surface area (Å²) in [6.45, 7) is 3.49. The Kier molecular flexibility index (Phi) is 6.21. The third-order valence-corrected chi connectivity index (χ3v) is 5.55. The maximum Gasteiger partial charge on any atom is 0.262 e. The number of benzene rings is 3. The van der Waals surface area contributed by atoms with Gasteiger partial charge in [0.05, 0.1) is 5.39 Å². The van der Waals surface area contributed by atoms with Crippen molar-refractivity contribution in [2.45, 2.75) is 13.8 Å². The molecule has 0 unspecified atom stereocenters. The maximum absolute atomic E-state index is 13.3. The van der Waals surface area contributed by atoms with Gasteiger partial charge in [-0.05, 0) is 85.6 Å². The highest BCUT2D eigenvalue weighted by Crippen LogP contribution is 2.32.